The van der Waals surface area contributed by atoms with Gasteiger partial charge in [-0.05, 0) is 43.8 Å². The van der Waals surface area contributed by atoms with E-state index in [-0.39, 0.29) is 0 Å². The Kier molecular flexibility index (Phi) is 3.54. The summed E-state index contributed by atoms with van der Waals surface area (Å²) in [5, 5.41) is 3.56. The Labute approximate surface area is 137 Å². The number of benzene rings is 2. The van der Waals surface area contributed by atoms with Crippen LogP contribution in [0.2, 0.25) is 0 Å². The molecule has 1 N–H and O–H groups in total. The van der Waals surface area contributed by atoms with Crippen molar-refractivity contribution < 1.29 is 0 Å². The smallest absolute Gasteiger partial charge is 0.138 e. The van der Waals surface area contributed by atoms with Gasteiger partial charge in [0.2, 0.25) is 0 Å². The molecule has 0 radical (unpaired) electrons. The van der Waals surface area contributed by atoms with Crippen LogP contribution in [0, 0.1) is 6.92 Å². The Morgan fingerprint density at radius 2 is 1.74 bits per heavy atom. The first-order valence-corrected chi connectivity index (χ1v) is 8.20. The van der Waals surface area contributed by atoms with E-state index < -0.39 is 0 Å². The molecule has 2 heterocycles. The summed E-state index contributed by atoms with van der Waals surface area (Å²) in [6, 6.07) is 14.9. The molecule has 1 saturated heterocycles. The van der Waals surface area contributed by atoms with Crippen molar-refractivity contribution in [2.45, 2.75) is 6.92 Å². The van der Waals surface area contributed by atoms with Gasteiger partial charge in [0.05, 0.1) is 11.4 Å². The van der Waals surface area contributed by atoms with E-state index in [4.69, 9.17) is 4.99 Å². The second-order valence-corrected chi connectivity index (χ2v) is 6.42. The Balaban J connectivity index is 1.83. The number of amidine groups is 1. The number of likely N-dealkylation sites (N-methyl/N-ethyl adjacent to an activating group) is 1. The van der Waals surface area contributed by atoms with E-state index in [0.29, 0.717) is 0 Å². The number of anilines is 2. The Morgan fingerprint density at radius 1 is 0.957 bits per heavy atom. The molecule has 2 aromatic rings. The quantitative estimate of drug-likeness (QED) is 0.809. The van der Waals surface area contributed by atoms with Crippen LogP contribution in [0.4, 0.5) is 17.1 Å². The predicted molar refractivity (Wildman–Crippen MR) is 96.2 cm³/mol. The summed E-state index contributed by atoms with van der Waals surface area (Å²) >= 11 is 0. The number of piperazine rings is 1. The maximum atomic E-state index is 5.05. The zero-order chi connectivity index (χ0) is 15.8. The van der Waals surface area contributed by atoms with Crippen molar-refractivity contribution in [3.63, 3.8) is 0 Å². The lowest BCUT2D eigenvalue weighted by molar-refractivity contribution is 0.216. The Bertz CT molecular complexity index is 758. The molecule has 23 heavy (non-hydrogen) atoms. The molecule has 4 rings (SSSR count). The van der Waals surface area contributed by atoms with Crippen LogP contribution in [0.25, 0.3) is 0 Å². The molecule has 0 amide bonds. The number of nitrogens with one attached hydrogen (secondary N) is 1. The van der Waals surface area contributed by atoms with Gasteiger partial charge in [-0.2, -0.15) is 0 Å². The molecule has 0 aliphatic carbocycles. The number of nitrogens with zero attached hydrogens (tertiary/aromatic N) is 3. The second kappa shape index (κ2) is 5.70. The second-order valence-electron chi connectivity index (χ2n) is 6.42. The summed E-state index contributed by atoms with van der Waals surface area (Å²) < 4.78 is 0. The van der Waals surface area contributed by atoms with Gasteiger partial charge in [-0.1, -0.05) is 18.2 Å². The first-order chi connectivity index (χ1) is 11.2. The number of para-hydroxylation sites is 1. The molecule has 2 aliphatic heterocycles. The highest BCUT2D eigenvalue weighted by molar-refractivity contribution is 6.07. The third-order valence-electron chi connectivity index (χ3n) is 4.62. The zero-order valence-electron chi connectivity index (χ0n) is 13.7. The van der Waals surface area contributed by atoms with Crippen LogP contribution in [-0.2, 0) is 0 Å². The van der Waals surface area contributed by atoms with Gasteiger partial charge in [0.25, 0.3) is 0 Å². The molecule has 0 unspecified atom stereocenters. The van der Waals surface area contributed by atoms with Gasteiger partial charge in [0.15, 0.2) is 0 Å². The predicted octanol–water partition coefficient (Wildman–Crippen LogP) is 3.38. The third kappa shape index (κ3) is 2.70. The Hall–Kier alpha value is -2.33. The van der Waals surface area contributed by atoms with Crippen LogP contribution in [0.5, 0.6) is 0 Å². The summed E-state index contributed by atoms with van der Waals surface area (Å²) in [5.41, 5.74) is 5.65. The molecule has 1 fully saturated rings. The van der Waals surface area contributed by atoms with Gasteiger partial charge in [-0.3, -0.25) is 0 Å². The van der Waals surface area contributed by atoms with Crippen molar-refractivity contribution in [1.29, 1.82) is 0 Å². The fourth-order valence-corrected chi connectivity index (χ4v) is 3.21. The molecule has 4 heteroatoms. The van der Waals surface area contributed by atoms with Crippen LogP contribution < -0.4 is 5.32 Å². The largest absolute Gasteiger partial charge is 0.353 e. The van der Waals surface area contributed by atoms with E-state index in [1.807, 2.05) is 0 Å². The molecule has 4 nitrogen and oxygen atoms in total. The minimum absolute atomic E-state index is 1.02. The summed E-state index contributed by atoms with van der Waals surface area (Å²) in [7, 11) is 2.18. The van der Waals surface area contributed by atoms with E-state index in [0.717, 1.165) is 49.1 Å². The van der Waals surface area contributed by atoms with Crippen LogP contribution in [0.15, 0.2) is 47.5 Å². The minimum Gasteiger partial charge on any atom is -0.353 e. The highest BCUT2D eigenvalue weighted by Crippen LogP contribution is 2.35. The molecule has 0 bridgehead atoms. The number of aliphatic imine (C=N–C) groups is 1. The first-order valence-electron chi connectivity index (χ1n) is 8.20. The summed E-state index contributed by atoms with van der Waals surface area (Å²) in [5.74, 6) is 1.09. The lowest BCUT2D eigenvalue weighted by Crippen LogP contribution is -2.47. The van der Waals surface area contributed by atoms with Crippen molar-refractivity contribution in [3.05, 3.63) is 53.6 Å². The number of aryl methyl sites for hydroxylation is 1. The molecule has 2 aliphatic rings. The fraction of sp³-hybridized carbons (Fsp3) is 0.316. The number of fused-ring (bicyclic) bond motifs is 2. The molecule has 0 atom stereocenters. The van der Waals surface area contributed by atoms with Crippen molar-refractivity contribution in [2.24, 2.45) is 4.99 Å². The molecule has 0 aromatic heterocycles. The summed E-state index contributed by atoms with van der Waals surface area (Å²) in [6.45, 7) is 6.31. The van der Waals surface area contributed by atoms with Crippen molar-refractivity contribution in [1.82, 2.24) is 9.80 Å². The topological polar surface area (TPSA) is 30.9 Å². The van der Waals surface area contributed by atoms with Gasteiger partial charge in [-0.25, -0.2) is 4.99 Å². The molecule has 0 spiro atoms. The van der Waals surface area contributed by atoms with Gasteiger partial charge in [-0.15, -0.1) is 0 Å². The standard InChI is InChI=1S/C19H22N4/c1-14-7-8-17-18(13-14)21-19(23-11-9-22(2)10-12-23)15-5-3-4-6-16(15)20-17/h3-8,13,20H,9-12H2,1-2H3. The summed E-state index contributed by atoms with van der Waals surface area (Å²) in [4.78, 5) is 9.84. The maximum Gasteiger partial charge on any atom is 0.138 e. The van der Waals surface area contributed by atoms with Crippen molar-refractivity contribution in [3.8, 4) is 0 Å². The molecule has 2 aromatic carbocycles. The molecular formula is C19H22N4. The average Bonchev–Trinajstić information content (AvgIpc) is 2.72. The highest BCUT2D eigenvalue weighted by atomic mass is 15.3. The van der Waals surface area contributed by atoms with Gasteiger partial charge in [0, 0.05) is 37.4 Å². The fourth-order valence-electron chi connectivity index (χ4n) is 3.21. The summed E-state index contributed by atoms with van der Waals surface area (Å²) in [6.07, 6.45) is 0. The van der Waals surface area contributed by atoms with Gasteiger partial charge >= 0.3 is 0 Å². The van der Waals surface area contributed by atoms with Crippen molar-refractivity contribution in [2.75, 3.05) is 38.5 Å². The maximum absolute atomic E-state index is 5.05. The van der Waals surface area contributed by atoms with Gasteiger partial charge < -0.3 is 15.1 Å². The first kappa shape index (κ1) is 14.3. The van der Waals surface area contributed by atoms with Crippen LogP contribution in [0.3, 0.4) is 0 Å². The van der Waals surface area contributed by atoms with Crippen LogP contribution >= 0.6 is 0 Å². The lowest BCUT2D eigenvalue weighted by atomic mass is 10.1. The van der Waals surface area contributed by atoms with E-state index in [1.165, 1.54) is 11.1 Å². The number of rotatable bonds is 0. The molecule has 0 saturated carbocycles. The van der Waals surface area contributed by atoms with Gasteiger partial charge in [0.1, 0.15) is 5.84 Å². The van der Waals surface area contributed by atoms with Crippen LogP contribution in [0.1, 0.15) is 11.1 Å². The SMILES string of the molecule is Cc1ccc2c(c1)N=C(N1CCN(C)CC1)c1ccccc1N2. The van der Waals surface area contributed by atoms with Crippen molar-refractivity contribution >= 4 is 22.9 Å². The number of hydrogen-bond acceptors (Lipinski definition) is 4. The van der Waals surface area contributed by atoms with E-state index in [2.05, 4.69) is 71.6 Å². The Morgan fingerprint density at radius 3 is 2.57 bits per heavy atom. The third-order valence-corrected chi connectivity index (χ3v) is 4.62. The zero-order valence-corrected chi connectivity index (χ0v) is 13.7. The number of hydrogen-bond donors (Lipinski definition) is 1. The normalized spacial score (nSPS) is 17.7. The monoisotopic (exact) mass is 306 g/mol. The molecule has 118 valence electrons. The van der Waals surface area contributed by atoms with E-state index >= 15 is 0 Å². The van der Waals surface area contributed by atoms with Crippen LogP contribution in [-0.4, -0.2) is 48.9 Å². The molecular weight excluding hydrogens is 284 g/mol. The van der Waals surface area contributed by atoms with E-state index in [1.54, 1.807) is 0 Å². The lowest BCUT2D eigenvalue weighted by Gasteiger charge is -2.34. The average molecular weight is 306 g/mol. The highest BCUT2D eigenvalue weighted by Gasteiger charge is 2.23. The minimum atomic E-state index is 1.02. The van der Waals surface area contributed by atoms with E-state index in [9.17, 15) is 0 Å².